The van der Waals surface area contributed by atoms with E-state index in [1.807, 2.05) is 25.5 Å². The summed E-state index contributed by atoms with van der Waals surface area (Å²) in [5, 5.41) is 14.9. The van der Waals surface area contributed by atoms with Crippen molar-refractivity contribution in [3.8, 4) is 0 Å². The van der Waals surface area contributed by atoms with Crippen LogP contribution in [0, 0.1) is 6.92 Å². The number of ether oxygens (including phenoxy) is 2. The van der Waals surface area contributed by atoms with Crippen molar-refractivity contribution in [1.29, 1.82) is 0 Å². The minimum atomic E-state index is 0. The fourth-order valence-corrected chi connectivity index (χ4v) is 2.17. The molecule has 0 spiro atoms. The van der Waals surface area contributed by atoms with Crippen LogP contribution in [0.5, 0.6) is 0 Å². The number of aromatic nitrogens is 3. The molecule has 158 valence electrons. The summed E-state index contributed by atoms with van der Waals surface area (Å²) < 4.78 is 12.9. The summed E-state index contributed by atoms with van der Waals surface area (Å²) in [4.78, 5) is 4.62. The van der Waals surface area contributed by atoms with Crippen LogP contribution in [0.2, 0.25) is 0 Å². The van der Waals surface area contributed by atoms with Crippen molar-refractivity contribution in [2.75, 3.05) is 39.5 Å². The third-order valence-corrected chi connectivity index (χ3v) is 3.92. The highest BCUT2D eigenvalue weighted by Crippen LogP contribution is 1.99. The molecule has 0 saturated carbocycles. The third-order valence-electron chi connectivity index (χ3n) is 3.92. The van der Waals surface area contributed by atoms with Gasteiger partial charge in [-0.05, 0) is 33.1 Å². The molecule has 0 aliphatic rings. The molecule has 0 aromatic carbocycles. The second-order valence-corrected chi connectivity index (χ2v) is 6.11. The Bertz CT molecular complexity index is 510. The molecule has 0 bridgehead atoms. The molecule has 0 atom stereocenters. The average Bonchev–Trinajstić information content (AvgIpc) is 2.96. The molecular formula is C18H37IN6O2. The summed E-state index contributed by atoms with van der Waals surface area (Å²) in [5.74, 6) is 2.52. The maximum atomic E-state index is 5.59. The van der Waals surface area contributed by atoms with E-state index in [9.17, 15) is 0 Å². The zero-order valence-corrected chi connectivity index (χ0v) is 19.6. The van der Waals surface area contributed by atoms with E-state index in [0.29, 0.717) is 6.54 Å². The Morgan fingerprint density at radius 1 is 1.00 bits per heavy atom. The van der Waals surface area contributed by atoms with E-state index >= 15 is 0 Å². The van der Waals surface area contributed by atoms with E-state index in [0.717, 1.165) is 76.4 Å². The minimum Gasteiger partial charge on any atom is -0.382 e. The number of aryl methyl sites for hydroxylation is 1. The number of hydrogen-bond acceptors (Lipinski definition) is 5. The largest absolute Gasteiger partial charge is 0.382 e. The van der Waals surface area contributed by atoms with Crippen LogP contribution in [0.3, 0.4) is 0 Å². The van der Waals surface area contributed by atoms with Gasteiger partial charge in [0.2, 0.25) is 0 Å². The highest BCUT2D eigenvalue weighted by molar-refractivity contribution is 14.0. The lowest BCUT2D eigenvalue weighted by Gasteiger charge is -2.13. The van der Waals surface area contributed by atoms with Crippen LogP contribution < -0.4 is 10.6 Å². The van der Waals surface area contributed by atoms with Crippen molar-refractivity contribution in [1.82, 2.24) is 25.4 Å². The van der Waals surface area contributed by atoms with Gasteiger partial charge >= 0.3 is 0 Å². The molecule has 0 radical (unpaired) electrons. The fourth-order valence-electron chi connectivity index (χ4n) is 2.17. The zero-order valence-electron chi connectivity index (χ0n) is 17.3. The van der Waals surface area contributed by atoms with E-state index in [-0.39, 0.29) is 24.0 Å². The Hall–Kier alpha value is -0.940. The molecule has 27 heavy (non-hydrogen) atoms. The second-order valence-electron chi connectivity index (χ2n) is 6.11. The van der Waals surface area contributed by atoms with Crippen molar-refractivity contribution in [3.05, 3.63) is 11.6 Å². The molecule has 0 unspecified atom stereocenters. The Labute approximate surface area is 180 Å². The first-order chi connectivity index (χ1) is 12.7. The standard InChI is InChI=1S/C18H36N6O2.HI/c1-5-7-12-26-14-9-11-20-18(19-10-8-13-25-6-2)21-15-17-23-22-16(3)24(17)4;/h5-15H2,1-4H3,(H2,19,20,21);1H. The maximum Gasteiger partial charge on any atom is 0.191 e. The number of halogens is 1. The van der Waals surface area contributed by atoms with Gasteiger partial charge in [-0.1, -0.05) is 13.3 Å². The summed E-state index contributed by atoms with van der Waals surface area (Å²) >= 11 is 0. The normalized spacial score (nSPS) is 11.3. The van der Waals surface area contributed by atoms with Crippen LogP contribution in [0.4, 0.5) is 0 Å². The van der Waals surface area contributed by atoms with Gasteiger partial charge in [-0.15, -0.1) is 34.2 Å². The van der Waals surface area contributed by atoms with Crippen molar-refractivity contribution >= 4 is 29.9 Å². The molecule has 1 aromatic heterocycles. The number of rotatable bonds is 14. The van der Waals surface area contributed by atoms with Crippen molar-refractivity contribution in [2.24, 2.45) is 12.0 Å². The van der Waals surface area contributed by atoms with Gasteiger partial charge in [-0.25, -0.2) is 4.99 Å². The smallest absolute Gasteiger partial charge is 0.191 e. The van der Waals surface area contributed by atoms with Crippen LogP contribution >= 0.6 is 24.0 Å². The van der Waals surface area contributed by atoms with Crippen LogP contribution in [0.15, 0.2) is 4.99 Å². The zero-order chi connectivity index (χ0) is 19.0. The number of nitrogens with zero attached hydrogens (tertiary/aromatic N) is 4. The summed E-state index contributed by atoms with van der Waals surface area (Å²) in [6.45, 7) is 11.4. The molecule has 0 aliphatic heterocycles. The van der Waals surface area contributed by atoms with E-state index in [2.05, 4.69) is 32.7 Å². The van der Waals surface area contributed by atoms with Gasteiger partial charge in [-0.2, -0.15) is 0 Å². The molecule has 2 N–H and O–H groups in total. The molecule has 0 saturated heterocycles. The Morgan fingerprint density at radius 3 is 2.19 bits per heavy atom. The van der Waals surface area contributed by atoms with Gasteiger partial charge in [0.25, 0.3) is 0 Å². The molecule has 0 fully saturated rings. The summed E-state index contributed by atoms with van der Waals surface area (Å²) in [5.41, 5.74) is 0. The molecule has 8 nitrogen and oxygen atoms in total. The number of guanidine groups is 1. The second kappa shape index (κ2) is 17.2. The predicted molar refractivity (Wildman–Crippen MR) is 120 cm³/mol. The minimum absolute atomic E-state index is 0. The average molecular weight is 496 g/mol. The lowest BCUT2D eigenvalue weighted by atomic mass is 10.4. The van der Waals surface area contributed by atoms with E-state index in [1.54, 1.807) is 0 Å². The van der Waals surface area contributed by atoms with Crippen molar-refractivity contribution in [2.45, 2.75) is 53.0 Å². The van der Waals surface area contributed by atoms with Gasteiger partial charge in [0.05, 0.1) is 0 Å². The van der Waals surface area contributed by atoms with E-state index in [4.69, 9.17) is 9.47 Å². The Kier molecular flexibility index (Phi) is 16.6. The third kappa shape index (κ3) is 12.2. The highest BCUT2D eigenvalue weighted by atomic mass is 127. The van der Waals surface area contributed by atoms with Gasteiger partial charge in [0.15, 0.2) is 11.8 Å². The first-order valence-electron chi connectivity index (χ1n) is 9.71. The maximum absolute atomic E-state index is 5.59. The first-order valence-corrected chi connectivity index (χ1v) is 9.71. The molecule has 0 aliphatic carbocycles. The van der Waals surface area contributed by atoms with Crippen molar-refractivity contribution in [3.63, 3.8) is 0 Å². The molecule has 1 aromatic rings. The van der Waals surface area contributed by atoms with Crippen LogP contribution in [-0.2, 0) is 23.1 Å². The number of unbranched alkanes of at least 4 members (excludes halogenated alkanes) is 1. The van der Waals surface area contributed by atoms with Crippen LogP contribution in [0.25, 0.3) is 0 Å². The van der Waals surface area contributed by atoms with Crippen LogP contribution in [0.1, 0.15) is 51.2 Å². The number of hydrogen-bond donors (Lipinski definition) is 2. The number of aliphatic imine (C=N–C) groups is 1. The summed E-state index contributed by atoms with van der Waals surface area (Å²) in [7, 11) is 1.95. The van der Waals surface area contributed by atoms with Crippen LogP contribution in [-0.4, -0.2) is 60.2 Å². The highest BCUT2D eigenvalue weighted by Gasteiger charge is 2.05. The Morgan fingerprint density at radius 2 is 1.63 bits per heavy atom. The van der Waals surface area contributed by atoms with Gasteiger partial charge in [0, 0.05) is 46.6 Å². The van der Waals surface area contributed by atoms with Gasteiger partial charge in [0.1, 0.15) is 12.4 Å². The molecular weight excluding hydrogens is 459 g/mol. The lowest BCUT2D eigenvalue weighted by molar-refractivity contribution is 0.129. The quantitative estimate of drug-likeness (QED) is 0.178. The molecule has 1 rings (SSSR count). The summed E-state index contributed by atoms with van der Waals surface area (Å²) in [6, 6.07) is 0. The topological polar surface area (TPSA) is 85.6 Å². The fraction of sp³-hybridized carbons (Fsp3) is 0.833. The monoisotopic (exact) mass is 496 g/mol. The summed E-state index contributed by atoms with van der Waals surface area (Å²) in [6.07, 6.45) is 4.19. The molecule has 9 heteroatoms. The van der Waals surface area contributed by atoms with Gasteiger partial charge in [-0.3, -0.25) is 0 Å². The van der Waals surface area contributed by atoms with Crippen molar-refractivity contribution < 1.29 is 9.47 Å². The van der Waals surface area contributed by atoms with E-state index in [1.165, 1.54) is 6.42 Å². The predicted octanol–water partition coefficient (Wildman–Crippen LogP) is 2.41. The SMILES string of the molecule is CCCCOCCCNC(=NCc1nnc(C)n1C)NCCCOCC.I. The first kappa shape index (κ1) is 26.1. The van der Waals surface area contributed by atoms with E-state index < -0.39 is 0 Å². The Balaban J connectivity index is 0.00000676. The lowest BCUT2D eigenvalue weighted by Crippen LogP contribution is -2.39. The molecule has 0 amide bonds. The molecule has 1 heterocycles. The number of nitrogens with one attached hydrogen (secondary N) is 2. The van der Waals surface area contributed by atoms with Gasteiger partial charge < -0.3 is 24.7 Å².